The number of aliphatic hydroxyl groups is 1. The molecule has 0 heterocycles. The molecule has 0 unspecified atom stereocenters. The lowest BCUT2D eigenvalue weighted by Crippen LogP contribution is -2.48. The summed E-state index contributed by atoms with van der Waals surface area (Å²) in [5.41, 5.74) is 0.657. The van der Waals surface area contributed by atoms with E-state index in [0.717, 1.165) is 5.56 Å². The number of guanidine groups is 1. The first-order valence-corrected chi connectivity index (χ1v) is 9.02. The lowest BCUT2D eigenvalue weighted by molar-refractivity contribution is -0.121. The van der Waals surface area contributed by atoms with E-state index >= 15 is 0 Å². The number of carbonyl (C=O) groups excluding carboxylic acids is 1. The molecule has 1 amide bonds. The van der Waals surface area contributed by atoms with Crippen molar-refractivity contribution >= 4 is 11.9 Å². The molecule has 1 rings (SSSR count). The molecule has 8 nitrogen and oxygen atoms in total. The molecule has 27 heavy (non-hydrogen) atoms. The van der Waals surface area contributed by atoms with Crippen molar-refractivity contribution in [3.8, 4) is 11.5 Å². The summed E-state index contributed by atoms with van der Waals surface area (Å²) in [5.74, 6) is 1.61. The van der Waals surface area contributed by atoms with Crippen LogP contribution in [0.3, 0.4) is 0 Å². The van der Waals surface area contributed by atoms with Crippen LogP contribution < -0.4 is 25.4 Å². The van der Waals surface area contributed by atoms with Crippen molar-refractivity contribution in [2.24, 2.45) is 4.99 Å². The zero-order valence-corrected chi connectivity index (χ0v) is 16.9. The van der Waals surface area contributed by atoms with E-state index in [9.17, 15) is 4.79 Å². The number of carbonyl (C=O) groups is 1. The van der Waals surface area contributed by atoms with E-state index in [4.69, 9.17) is 14.6 Å². The summed E-state index contributed by atoms with van der Waals surface area (Å²) in [6.45, 7) is 9.15. The van der Waals surface area contributed by atoms with Gasteiger partial charge >= 0.3 is 0 Å². The SMILES string of the molecule is CCNC(=NCc1ccc(OCCO)c(OC)c1)NCC(=O)NC(C)(C)C. The van der Waals surface area contributed by atoms with E-state index in [1.165, 1.54) is 0 Å². The van der Waals surface area contributed by atoms with Gasteiger partial charge in [-0.2, -0.15) is 0 Å². The third kappa shape index (κ3) is 9.14. The summed E-state index contributed by atoms with van der Waals surface area (Å²) in [4.78, 5) is 16.4. The number of hydrogen-bond acceptors (Lipinski definition) is 5. The Kier molecular flexibility index (Phi) is 9.42. The largest absolute Gasteiger partial charge is 0.493 e. The average Bonchev–Trinajstić information content (AvgIpc) is 2.61. The van der Waals surface area contributed by atoms with E-state index in [2.05, 4.69) is 20.9 Å². The molecular weight excluding hydrogens is 348 g/mol. The van der Waals surface area contributed by atoms with Gasteiger partial charge in [-0.1, -0.05) is 6.07 Å². The zero-order chi connectivity index (χ0) is 20.3. The van der Waals surface area contributed by atoms with Crippen LogP contribution in [-0.2, 0) is 11.3 Å². The fourth-order valence-corrected chi connectivity index (χ4v) is 2.22. The van der Waals surface area contributed by atoms with Gasteiger partial charge in [0.1, 0.15) is 6.61 Å². The van der Waals surface area contributed by atoms with Crippen LogP contribution in [0.2, 0.25) is 0 Å². The van der Waals surface area contributed by atoms with Gasteiger partial charge < -0.3 is 30.5 Å². The Morgan fingerprint density at radius 3 is 2.56 bits per heavy atom. The maximum Gasteiger partial charge on any atom is 0.239 e. The standard InChI is InChI=1S/C19H32N4O4/c1-6-20-18(22-13-17(25)23-19(2,3)4)21-12-14-7-8-15(27-10-9-24)16(11-14)26-5/h7-8,11,24H,6,9-10,12-13H2,1-5H3,(H,23,25)(H2,20,21,22). The van der Waals surface area contributed by atoms with Crippen molar-refractivity contribution in [1.82, 2.24) is 16.0 Å². The van der Waals surface area contributed by atoms with Crippen LogP contribution in [0, 0.1) is 0 Å². The molecule has 0 aromatic heterocycles. The highest BCUT2D eigenvalue weighted by Crippen LogP contribution is 2.28. The van der Waals surface area contributed by atoms with Gasteiger partial charge in [-0.05, 0) is 45.4 Å². The number of aliphatic imine (C=N–C) groups is 1. The molecule has 0 aliphatic carbocycles. The molecule has 152 valence electrons. The maximum absolute atomic E-state index is 11.9. The molecule has 0 saturated heterocycles. The van der Waals surface area contributed by atoms with Gasteiger partial charge in [-0.3, -0.25) is 4.79 Å². The fourth-order valence-electron chi connectivity index (χ4n) is 2.22. The van der Waals surface area contributed by atoms with Crippen molar-refractivity contribution in [2.75, 3.05) is 33.4 Å². The highest BCUT2D eigenvalue weighted by Gasteiger charge is 2.13. The fraction of sp³-hybridized carbons (Fsp3) is 0.579. The lowest BCUT2D eigenvalue weighted by atomic mass is 10.1. The Morgan fingerprint density at radius 1 is 1.22 bits per heavy atom. The van der Waals surface area contributed by atoms with Gasteiger partial charge in [0.15, 0.2) is 17.5 Å². The van der Waals surface area contributed by atoms with E-state index in [1.807, 2.05) is 39.8 Å². The Labute approximate surface area is 161 Å². The minimum absolute atomic E-state index is 0.0598. The number of aliphatic hydroxyl groups excluding tert-OH is 1. The molecule has 0 bridgehead atoms. The Hall–Kier alpha value is -2.48. The van der Waals surface area contributed by atoms with Crippen molar-refractivity contribution in [1.29, 1.82) is 0 Å². The number of methoxy groups -OCH3 is 1. The zero-order valence-electron chi connectivity index (χ0n) is 16.9. The van der Waals surface area contributed by atoms with Crippen molar-refractivity contribution in [3.05, 3.63) is 23.8 Å². The number of hydrogen-bond donors (Lipinski definition) is 4. The first-order chi connectivity index (χ1) is 12.8. The van der Waals surface area contributed by atoms with Gasteiger partial charge in [-0.15, -0.1) is 0 Å². The van der Waals surface area contributed by atoms with Crippen LogP contribution in [0.4, 0.5) is 0 Å². The number of ether oxygens (including phenoxy) is 2. The van der Waals surface area contributed by atoms with Gasteiger partial charge in [0.25, 0.3) is 0 Å². The van der Waals surface area contributed by atoms with Crippen molar-refractivity contribution in [3.63, 3.8) is 0 Å². The first-order valence-electron chi connectivity index (χ1n) is 9.02. The molecule has 0 aliphatic heterocycles. The summed E-state index contributed by atoms with van der Waals surface area (Å²) in [5, 5.41) is 17.9. The number of rotatable bonds is 9. The van der Waals surface area contributed by atoms with Crippen LogP contribution in [0.5, 0.6) is 11.5 Å². The molecule has 1 aromatic rings. The number of benzene rings is 1. The maximum atomic E-state index is 11.9. The second kappa shape index (κ2) is 11.3. The predicted octanol–water partition coefficient (Wildman–Crippen LogP) is 1.04. The highest BCUT2D eigenvalue weighted by atomic mass is 16.5. The predicted molar refractivity (Wildman–Crippen MR) is 106 cm³/mol. The minimum Gasteiger partial charge on any atom is -0.493 e. The Balaban J connectivity index is 2.72. The molecular formula is C19H32N4O4. The minimum atomic E-state index is -0.273. The Bertz CT molecular complexity index is 627. The molecule has 0 saturated carbocycles. The van der Waals surface area contributed by atoms with Crippen molar-refractivity contribution < 1.29 is 19.4 Å². The van der Waals surface area contributed by atoms with Crippen molar-refractivity contribution in [2.45, 2.75) is 39.8 Å². The number of nitrogens with one attached hydrogen (secondary N) is 3. The molecule has 4 N–H and O–H groups in total. The summed E-state index contributed by atoms with van der Waals surface area (Å²) in [6.07, 6.45) is 0. The smallest absolute Gasteiger partial charge is 0.239 e. The normalized spacial score (nSPS) is 11.7. The van der Waals surface area contributed by atoms with Crippen LogP contribution in [0.15, 0.2) is 23.2 Å². The highest BCUT2D eigenvalue weighted by molar-refractivity contribution is 5.86. The third-order valence-electron chi connectivity index (χ3n) is 3.27. The average molecular weight is 380 g/mol. The number of amides is 1. The van der Waals surface area contributed by atoms with Crippen LogP contribution >= 0.6 is 0 Å². The summed E-state index contributed by atoms with van der Waals surface area (Å²) >= 11 is 0. The topological polar surface area (TPSA) is 104 Å². The molecule has 0 radical (unpaired) electrons. The third-order valence-corrected chi connectivity index (χ3v) is 3.27. The molecule has 0 aliphatic rings. The second-order valence-corrected chi connectivity index (χ2v) is 6.90. The summed E-state index contributed by atoms with van der Waals surface area (Å²) < 4.78 is 10.7. The van der Waals surface area contributed by atoms with Gasteiger partial charge in [-0.25, -0.2) is 4.99 Å². The Morgan fingerprint density at radius 2 is 1.96 bits per heavy atom. The summed E-state index contributed by atoms with van der Waals surface area (Å²) in [6, 6.07) is 5.51. The lowest BCUT2D eigenvalue weighted by Gasteiger charge is -2.21. The monoisotopic (exact) mass is 380 g/mol. The van der Waals surface area contributed by atoms with E-state index < -0.39 is 0 Å². The van der Waals surface area contributed by atoms with Crippen LogP contribution in [0.1, 0.15) is 33.3 Å². The van der Waals surface area contributed by atoms with Crippen LogP contribution in [-0.4, -0.2) is 55.9 Å². The molecule has 0 atom stereocenters. The molecule has 0 spiro atoms. The van der Waals surface area contributed by atoms with E-state index in [1.54, 1.807) is 13.2 Å². The first kappa shape index (κ1) is 22.6. The summed E-state index contributed by atoms with van der Waals surface area (Å²) in [7, 11) is 1.56. The van der Waals surface area contributed by atoms with Gasteiger partial charge in [0, 0.05) is 12.1 Å². The molecule has 8 heteroatoms. The molecule has 0 fully saturated rings. The van der Waals surface area contributed by atoms with E-state index in [-0.39, 0.29) is 31.2 Å². The van der Waals surface area contributed by atoms with Crippen LogP contribution in [0.25, 0.3) is 0 Å². The quantitative estimate of drug-likeness (QED) is 0.377. The second-order valence-electron chi connectivity index (χ2n) is 6.90. The number of nitrogens with zero attached hydrogens (tertiary/aromatic N) is 1. The van der Waals surface area contributed by atoms with Gasteiger partial charge in [0.2, 0.25) is 5.91 Å². The van der Waals surface area contributed by atoms with E-state index in [0.29, 0.717) is 30.5 Å². The van der Waals surface area contributed by atoms with Gasteiger partial charge in [0.05, 0.1) is 26.8 Å². The molecule has 1 aromatic carbocycles.